The van der Waals surface area contributed by atoms with Crippen LogP contribution < -0.4 is 0 Å². The van der Waals surface area contributed by atoms with Crippen molar-refractivity contribution in [2.24, 2.45) is 0 Å². The van der Waals surface area contributed by atoms with Crippen molar-refractivity contribution >= 4 is 5.91 Å². The molecule has 1 saturated heterocycles. The van der Waals surface area contributed by atoms with Crippen molar-refractivity contribution in [3.8, 4) is 11.3 Å². The zero-order valence-corrected chi connectivity index (χ0v) is 14.7. The van der Waals surface area contributed by atoms with Crippen molar-refractivity contribution in [3.05, 3.63) is 53.0 Å². The molecule has 0 radical (unpaired) electrons. The topological polar surface area (TPSA) is 51.7 Å². The van der Waals surface area contributed by atoms with E-state index in [1.54, 1.807) is 12.1 Å². The standard InChI is InChI=1S/C20H21FN2O3/c1-13-12-15-6-8-23(9-7-17-25-10-11-26-17)20(24)18(15)19(22-13)14-2-4-16(21)5-3-14/h2-5,12,17H,6-11H2,1H3. The fourth-order valence-corrected chi connectivity index (χ4v) is 3.56. The van der Waals surface area contributed by atoms with Gasteiger partial charge in [0.25, 0.3) is 5.91 Å². The molecule has 1 aromatic heterocycles. The van der Waals surface area contributed by atoms with Crippen LogP contribution in [0.4, 0.5) is 4.39 Å². The number of carbonyl (C=O) groups excluding carboxylic acids is 1. The van der Waals surface area contributed by atoms with Crippen LogP contribution in [0.5, 0.6) is 0 Å². The summed E-state index contributed by atoms with van der Waals surface area (Å²) in [5.74, 6) is -0.337. The highest BCUT2D eigenvalue weighted by Crippen LogP contribution is 2.30. The van der Waals surface area contributed by atoms with Gasteiger partial charge in [-0.15, -0.1) is 0 Å². The van der Waals surface area contributed by atoms with Crippen molar-refractivity contribution in [2.45, 2.75) is 26.1 Å². The average molecular weight is 356 g/mol. The van der Waals surface area contributed by atoms with Crippen LogP contribution in [0.2, 0.25) is 0 Å². The van der Waals surface area contributed by atoms with E-state index in [4.69, 9.17) is 9.47 Å². The quantitative estimate of drug-likeness (QED) is 0.845. The van der Waals surface area contributed by atoms with Crippen LogP contribution in [0, 0.1) is 12.7 Å². The maximum Gasteiger partial charge on any atom is 0.256 e. The van der Waals surface area contributed by atoms with Gasteiger partial charge in [0.1, 0.15) is 5.82 Å². The molecule has 0 saturated carbocycles. The number of aromatic nitrogens is 1. The van der Waals surface area contributed by atoms with Crippen molar-refractivity contribution in [3.63, 3.8) is 0 Å². The first-order valence-electron chi connectivity index (χ1n) is 8.91. The van der Waals surface area contributed by atoms with Crippen LogP contribution >= 0.6 is 0 Å². The Bertz CT molecular complexity index is 817. The lowest BCUT2D eigenvalue weighted by atomic mass is 9.93. The van der Waals surface area contributed by atoms with Gasteiger partial charge >= 0.3 is 0 Å². The third-order valence-electron chi connectivity index (χ3n) is 4.82. The summed E-state index contributed by atoms with van der Waals surface area (Å²) in [6.45, 7) is 4.39. The van der Waals surface area contributed by atoms with Crippen LogP contribution in [0.1, 0.15) is 28.0 Å². The van der Waals surface area contributed by atoms with Gasteiger partial charge in [0.2, 0.25) is 0 Å². The zero-order chi connectivity index (χ0) is 18.1. The lowest BCUT2D eigenvalue weighted by molar-refractivity contribution is -0.0503. The second kappa shape index (κ2) is 7.13. The fraction of sp³-hybridized carbons (Fsp3) is 0.400. The lowest BCUT2D eigenvalue weighted by Crippen LogP contribution is -2.40. The molecular formula is C20H21FN2O3. The maximum absolute atomic E-state index is 13.3. The normalized spacial score (nSPS) is 17.6. The molecule has 0 atom stereocenters. The van der Waals surface area contributed by atoms with Crippen LogP contribution in [-0.2, 0) is 15.9 Å². The highest BCUT2D eigenvalue weighted by Gasteiger charge is 2.29. The molecule has 2 aliphatic heterocycles. The van der Waals surface area contributed by atoms with Crippen molar-refractivity contribution in [2.75, 3.05) is 26.3 Å². The Balaban J connectivity index is 1.63. The molecule has 0 bridgehead atoms. The Morgan fingerprint density at radius 3 is 2.69 bits per heavy atom. The summed E-state index contributed by atoms with van der Waals surface area (Å²) >= 11 is 0. The lowest BCUT2D eigenvalue weighted by Gasteiger charge is -2.30. The van der Waals surface area contributed by atoms with Gasteiger partial charge < -0.3 is 14.4 Å². The molecule has 0 unspecified atom stereocenters. The molecule has 26 heavy (non-hydrogen) atoms. The van der Waals surface area contributed by atoms with Gasteiger partial charge in [-0.2, -0.15) is 0 Å². The second-order valence-corrected chi connectivity index (χ2v) is 6.66. The first-order chi connectivity index (χ1) is 12.6. The Morgan fingerprint density at radius 1 is 1.23 bits per heavy atom. The monoisotopic (exact) mass is 356 g/mol. The largest absolute Gasteiger partial charge is 0.350 e. The molecule has 136 valence electrons. The molecule has 0 N–H and O–H groups in total. The predicted molar refractivity (Wildman–Crippen MR) is 94.3 cm³/mol. The minimum atomic E-state index is -0.306. The third-order valence-corrected chi connectivity index (χ3v) is 4.82. The predicted octanol–water partition coefficient (Wildman–Crippen LogP) is 2.96. The summed E-state index contributed by atoms with van der Waals surface area (Å²) in [5, 5.41) is 0. The summed E-state index contributed by atoms with van der Waals surface area (Å²) in [6, 6.07) is 8.10. The fourth-order valence-electron chi connectivity index (χ4n) is 3.56. The number of benzene rings is 1. The van der Waals surface area contributed by atoms with Gasteiger partial charge in [0.05, 0.1) is 24.5 Å². The number of fused-ring (bicyclic) bond motifs is 1. The molecule has 1 amide bonds. The number of amides is 1. The summed E-state index contributed by atoms with van der Waals surface area (Å²) in [6.07, 6.45) is 1.22. The average Bonchev–Trinajstić information content (AvgIpc) is 3.14. The number of ether oxygens (including phenoxy) is 2. The van der Waals surface area contributed by atoms with Gasteiger partial charge in [-0.25, -0.2) is 4.39 Å². The van der Waals surface area contributed by atoms with Crippen LogP contribution in [0.15, 0.2) is 30.3 Å². The second-order valence-electron chi connectivity index (χ2n) is 6.66. The molecule has 1 fully saturated rings. The van der Waals surface area contributed by atoms with E-state index in [1.165, 1.54) is 12.1 Å². The Morgan fingerprint density at radius 2 is 1.96 bits per heavy atom. The van der Waals surface area contributed by atoms with Crippen molar-refractivity contribution < 1.29 is 18.7 Å². The van der Waals surface area contributed by atoms with E-state index in [0.717, 1.165) is 23.2 Å². The molecule has 6 heteroatoms. The number of nitrogens with zero attached hydrogens (tertiary/aromatic N) is 2. The molecule has 3 heterocycles. The number of aryl methyl sites for hydroxylation is 1. The van der Waals surface area contributed by atoms with Crippen molar-refractivity contribution in [1.29, 1.82) is 0 Å². The first kappa shape index (κ1) is 17.1. The Hall–Kier alpha value is -2.31. The van der Waals surface area contributed by atoms with Crippen LogP contribution in [0.3, 0.4) is 0 Å². The molecule has 1 aromatic carbocycles. The number of halogens is 1. The van der Waals surface area contributed by atoms with E-state index in [-0.39, 0.29) is 18.0 Å². The zero-order valence-electron chi connectivity index (χ0n) is 14.7. The van der Waals surface area contributed by atoms with Crippen molar-refractivity contribution in [1.82, 2.24) is 9.88 Å². The van der Waals surface area contributed by atoms with E-state index in [0.29, 0.717) is 44.0 Å². The van der Waals surface area contributed by atoms with E-state index < -0.39 is 0 Å². The summed E-state index contributed by atoms with van der Waals surface area (Å²) < 4.78 is 24.2. The molecular weight excluding hydrogens is 335 g/mol. The molecule has 2 aromatic rings. The summed E-state index contributed by atoms with van der Waals surface area (Å²) in [4.78, 5) is 19.5. The first-order valence-corrected chi connectivity index (χ1v) is 8.91. The number of pyridine rings is 1. The maximum atomic E-state index is 13.3. The van der Waals surface area contributed by atoms with E-state index in [2.05, 4.69) is 4.98 Å². The molecule has 0 aliphatic carbocycles. The smallest absolute Gasteiger partial charge is 0.256 e. The van der Waals surface area contributed by atoms with E-state index >= 15 is 0 Å². The van der Waals surface area contributed by atoms with Gasteiger partial charge in [-0.1, -0.05) is 0 Å². The highest BCUT2D eigenvalue weighted by molar-refractivity contribution is 6.02. The Kier molecular flexibility index (Phi) is 4.70. The Labute approximate surface area is 151 Å². The van der Waals surface area contributed by atoms with E-state index in [1.807, 2.05) is 17.9 Å². The summed E-state index contributed by atoms with van der Waals surface area (Å²) in [7, 11) is 0. The van der Waals surface area contributed by atoms with Crippen LogP contribution in [0.25, 0.3) is 11.3 Å². The SMILES string of the molecule is Cc1cc2c(c(-c3ccc(F)cc3)n1)C(=O)N(CCC1OCCO1)CC2. The van der Waals surface area contributed by atoms with Gasteiger partial charge in [-0.05, 0) is 49.2 Å². The van der Waals surface area contributed by atoms with E-state index in [9.17, 15) is 9.18 Å². The molecule has 5 nitrogen and oxygen atoms in total. The minimum absolute atomic E-state index is 0.0314. The summed E-state index contributed by atoms with van der Waals surface area (Å²) in [5.41, 5.74) is 3.87. The number of rotatable bonds is 4. The van der Waals surface area contributed by atoms with Crippen LogP contribution in [-0.4, -0.2) is 48.4 Å². The number of carbonyl (C=O) groups is 1. The van der Waals surface area contributed by atoms with Gasteiger partial charge in [0.15, 0.2) is 6.29 Å². The number of hydrogen-bond acceptors (Lipinski definition) is 4. The highest BCUT2D eigenvalue weighted by atomic mass is 19.1. The number of hydrogen-bond donors (Lipinski definition) is 0. The molecule has 4 rings (SSSR count). The molecule has 0 spiro atoms. The molecule has 2 aliphatic rings. The minimum Gasteiger partial charge on any atom is -0.350 e. The van der Waals surface area contributed by atoms with Gasteiger partial charge in [0, 0.05) is 30.8 Å². The third kappa shape index (κ3) is 3.34. The van der Waals surface area contributed by atoms with Gasteiger partial charge in [-0.3, -0.25) is 9.78 Å².